The van der Waals surface area contributed by atoms with Crippen molar-refractivity contribution in [1.29, 1.82) is 0 Å². The van der Waals surface area contributed by atoms with E-state index in [1.807, 2.05) is 18.2 Å². The number of anilines is 1. The standard InChI is InChI=1S/C16H17N3O3/c20-15(12-6-9-17-19-12)18-11-4-5-13-14(10-11)22-16(21-13)7-2-1-3-8-16/h4-6,9-10H,1-3,7-8H2,(H,17,19)(H,18,20). The van der Waals surface area contributed by atoms with Crippen molar-refractivity contribution in [2.24, 2.45) is 0 Å². The first-order valence-corrected chi connectivity index (χ1v) is 7.57. The lowest BCUT2D eigenvalue weighted by atomic mass is 9.94. The second-order valence-electron chi connectivity index (χ2n) is 5.76. The van der Waals surface area contributed by atoms with Gasteiger partial charge in [-0.05, 0) is 31.0 Å². The Balaban J connectivity index is 1.52. The van der Waals surface area contributed by atoms with Crippen LogP contribution in [0.25, 0.3) is 0 Å². The van der Waals surface area contributed by atoms with Crippen molar-refractivity contribution in [3.8, 4) is 11.5 Å². The average molecular weight is 299 g/mol. The first-order valence-electron chi connectivity index (χ1n) is 7.57. The van der Waals surface area contributed by atoms with Gasteiger partial charge in [0.2, 0.25) is 0 Å². The van der Waals surface area contributed by atoms with Gasteiger partial charge in [-0.15, -0.1) is 0 Å². The van der Waals surface area contributed by atoms with E-state index in [1.54, 1.807) is 12.3 Å². The van der Waals surface area contributed by atoms with Crippen molar-refractivity contribution in [3.05, 3.63) is 36.2 Å². The molecule has 6 nitrogen and oxygen atoms in total. The number of hydrogen-bond donors (Lipinski definition) is 2. The van der Waals surface area contributed by atoms with Gasteiger partial charge in [-0.25, -0.2) is 0 Å². The minimum Gasteiger partial charge on any atom is -0.448 e. The molecule has 0 bridgehead atoms. The van der Waals surface area contributed by atoms with Gasteiger partial charge in [0.15, 0.2) is 11.5 Å². The molecule has 1 spiro atoms. The van der Waals surface area contributed by atoms with Crippen LogP contribution in [0.15, 0.2) is 30.5 Å². The van der Waals surface area contributed by atoms with Gasteiger partial charge in [0.05, 0.1) is 0 Å². The maximum absolute atomic E-state index is 12.0. The lowest BCUT2D eigenvalue weighted by Gasteiger charge is -2.31. The third-order valence-corrected chi connectivity index (χ3v) is 4.15. The summed E-state index contributed by atoms with van der Waals surface area (Å²) in [5.41, 5.74) is 1.09. The molecule has 1 fully saturated rings. The highest BCUT2D eigenvalue weighted by atomic mass is 16.7. The van der Waals surface area contributed by atoms with Gasteiger partial charge < -0.3 is 14.8 Å². The van der Waals surface area contributed by atoms with E-state index in [4.69, 9.17) is 9.47 Å². The van der Waals surface area contributed by atoms with Gasteiger partial charge >= 0.3 is 0 Å². The van der Waals surface area contributed by atoms with E-state index < -0.39 is 5.79 Å². The Morgan fingerprint density at radius 3 is 2.73 bits per heavy atom. The molecule has 0 saturated heterocycles. The number of nitrogens with zero attached hydrogens (tertiary/aromatic N) is 1. The molecule has 2 aromatic rings. The van der Waals surface area contributed by atoms with Gasteiger partial charge in [0.1, 0.15) is 5.69 Å². The molecular formula is C16H17N3O3. The molecule has 2 aliphatic rings. The van der Waals surface area contributed by atoms with Gasteiger partial charge in [-0.1, -0.05) is 6.42 Å². The summed E-state index contributed by atoms with van der Waals surface area (Å²) in [7, 11) is 0. The predicted octanol–water partition coefficient (Wildman–Crippen LogP) is 3.09. The molecule has 0 radical (unpaired) electrons. The smallest absolute Gasteiger partial charge is 0.273 e. The number of carbonyl (C=O) groups is 1. The van der Waals surface area contributed by atoms with Crippen LogP contribution >= 0.6 is 0 Å². The third-order valence-electron chi connectivity index (χ3n) is 4.15. The van der Waals surface area contributed by atoms with Crippen molar-refractivity contribution in [2.45, 2.75) is 37.9 Å². The van der Waals surface area contributed by atoms with Crippen LogP contribution in [0.1, 0.15) is 42.6 Å². The van der Waals surface area contributed by atoms with Gasteiger partial charge in [-0.3, -0.25) is 9.89 Å². The number of benzene rings is 1. The van der Waals surface area contributed by atoms with E-state index in [0.29, 0.717) is 17.1 Å². The number of nitrogens with one attached hydrogen (secondary N) is 2. The summed E-state index contributed by atoms with van der Waals surface area (Å²) in [5.74, 6) is 0.724. The fraction of sp³-hybridized carbons (Fsp3) is 0.375. The van der Waals surface area contributed by atoms with Crippen molar-refractivity contribution in [1.82, 2.24) is 10.2 Å². The van der Waals surface area contributed by atoms with Gasteiger partial charge in [0, 0.05) is 30.8 Å². The number of rotatable bonds is 2. The molecule has 1 aliphatic carbocycles. The van der Waals surface area contributed by atoms with Crippen LogP contribution in [0.5, 0.6) is 11.5 Å². The fourth-order valence-electron chi connectivity index (χ4n) is 3.05. The largest absolute Gasteiger partial charge is 0.448 e. The first-order chi connectivity index (χ1) is 10.7. The highest BCUT2D eigenvalue weighted by molar-refractivity contribution is 6.02. The van der Waals surface area contributed by atoms with Crippen LogP contribution in [0.3, 0.4) is 0 Å². The average Bonchev–Trinajstić information content (AvgIpc) is 3.15. The number of hydrogen-bond acceptors (Lipinski definition) is 4. The van der Waals surface area contributed by atoms with E-state index in [1.165, 1.54) is 6.42 Å². The van der Waals surface area contributed by atoms with E-state index in [9.17, 15) is 4.79 Å². The molecule has 1 aliphatic heterocycles. The molecule has 1 aromatic heterocycles. The number of fused-ring (bicyclic) bond motifs is 1. The first kappa shape index (κ1) is 13.2. The van der Waals surface area contributed by atoms with E-state index in [0.717, 1.165) is 31.4 Å². The van der Waals surface area contributed by atoms with Crippen LogP contribution in [-0.4, -0.2) is 21.9 Å². The number of amides is 1. The van der Waals surface area contributed by atoms with Crippen LogP contribution in [0.4, 0.5) is 5.69 Å². The van der Waals surface area contributed by atoms with Crippen LogP contribution in [0, 0.1) is 0 Å². The van der Waals surface area contributed by atoms with Crippen LogP contribution in [0.2, 0.25) is 0 Å². The third kappa shape index (κ3) is 2.30. The van der Waals surface area contributed by atoms with Gasteiger partial charge in [0.25, 0.3) is 11.7 Å². The van der Waals surface area contributed by atoms with E-state index >= 15 is 0 Å². The molecular weight excluding hydrogens is 282 g/mol. The molecule has 0 atom stereocenters. The van der Waals surface area contributed by atoms with Crippen molar-refractivity contribution >= 4 is 11.6 Å². The molecule has 2 heterocycles. The van der Waals surface area contributed by atoms with Crippen LogP contribution in [-0.2, 0) is 0 Å². The number of ether oxygens (including phenoxy) is 2. The van der Waals surface area contributed by atoms with Crippen molar-refractivity contribution in [2.75, 3.05) is 5.32 Å². The van der Waals surface area contributed by atoms with Crippen LogP contribution < -0.4 is 14.8 Å². The summed E-state index contributed by atoms with van der Waals surface area (Å²) in [6.07, 6.45) is 6.85. The molecule has 22 heavy (non-hydrogen) atoms. The summed E-state index contributed by atoms with van der Waals surface area (Å²) in [5, 5.41) is 9.23. The molecule has 0 unspecified atom stereocenters. The summed E-state index contributed by atoms with van der Waals surface area (Å²) in [6, 6.07) is 7.10. The zero-order chi connectivity index (χ0) is 15.0. The highest BCUT2D eigenvalue weighted by Gasteiger charge is 2.42. The Bertz CT molecular complexity index is 691. The summed E-state index contributed by atoms with van der Waals surface area (Å²) >= 11 is 0. The summed E-state index contributed by atoms with van der Waals surface area (Å²) in [6.45, 7) is 0. The molecule has 6 heteroatoms. The molecule has 4 rings (SSSR count). The Labute approximate surface area is 127 Å². The Kier molecular flexibility index (Phi) is 3.03. The SMILES string of the molecule is O=C(Nc1ccc2c(c1)OC1(CCCCC1)O2)c1ccn[nH]1. The number of carbonyl (C=O) groups excluding carboxylic acids is 1. The Morgan fingerprint density at radius 1 is 1.14 bits per heavy atom. The minimum absolute atomic E-state index is 0.233. The lowest BCUT2D eigenvalue weighted by molar-refractivity contribution is -0.105. The van der Waals surface area contributed by atoms with E-state index in [-0.39, 0.29) is 5.91 Å². The maximum Gasteiger partial charge on any atom is 0.273 e. The number of H-pyrrole nitrogens is 1. The number of aromatic nitrogens is 2. The predicted molar refractivity (Wildman–Crippen MR) is 80.1 cm³/mol. The van der Waals surface area contributed by atoms with E-state index in [2.05, 4.69) is 15.5 Å². The Morgan fingerprint density at radius 2 is 1.95 bits per heavy atom. The second kappa shape index (κ2) is 5.05. The second-order valence-corrected chi connectivity index (χ2v) is 5.76. The molecule has 1 saturated carbocycles. The summed E-state index contributed by atoms with van der Waals surface area (Å²) < 4.78 is 12.1. The maximum atomic E-state index is 12.0. The normalized spacial score (nSPS) is 18.4. The lowest BCUT2D eigenvalue weighted by Crippen LogP contribution is -2.40. The molecule has 1 aromatic carbocycles. The van der Waals surface area contributed by atoms with Crippen molar-refractivity contribution < 1.29 is 14.3 Å². The zero-order valence-electron chi connectivity index (χ0n) is 12.1. The fourth-order valence-corrected chi connectivity index (χ4v) is 3.05. The minimum atomic E-state index is -0.493. The monoisotopic (exact) mass is 299 g/mol. The molecule has 2 N–H and O–H groups in total. The van der Waals surface area contributed by atoms with Crippen molar-refractivity contribution in [3.63, 3.8) is 0 Å². The molecule has 114 valence electrons. The quantitative estimate of drug-likeness (QED) is 0.893. The number of aromatic amines is 1. The van der Waals surface area contributed by atoms with Gasteiger partial charge in [-0.2, -0.15) is 5.10 Å². The Hall–Kier alpha value is -2.50. The molecule has 1 amide bonds. The zero-order valence-corrected chi connectivity index (χ0v) is 12.1. The topological polar surface area (TPSA) is 76.2 Å². The summed E-state index contributed by atoms with van der Waals surface area (Å²) in [4.78, 5) is 12.0. The highest BCUT2D eigenvalue weighted by Crippen LogP contribution is 2.46.